The Morgan fingerprint density at radius 2 is 2.20 bits per heavy atom. The Morgan fingerprint density at radius 1 is 1.45 bits per heavy atom. The van der Waals surface area contributed by atoms with E-state index in [1.807, 2.05) is 0 Å². The molecule has 0 saturated heterocycles. The maximum absolute atomic E-state index is 14.1. The number of esters is 1. The number of hydrogen-bond donors (Lipinski definition) is 0. The Morgan fingerprint density at radius 3 is 2.75 bits per heavy atom. The molecule has 0 aliphatic carbocycles. The highest BCUT2D eigenvalue weighted by molar-refractivity contribution is 9.10. The largest absolute Gasteiger partial charge is 0.462 e. The SMILES string of the molecule is CCOC(=O)c1cc(F)c(-c2ccc(C=O)o2)c(Br)c1. The van der Waals surface area contributed by atoms with Crippen LogP contribution in [0.2, 0.25) is 0 Å². The molecule has 0 saturated carbocycles. The summed E-state index contributed by atoms with van der Waals surface area (Å²) in [6.45, 7) is 1.88. The van der Waals surface area contributed by atoms with E-state index in [1.165, 1.54) is 18.2 Å². The smallest absolute Gasteiger partial charge is 0.338 e. The lowest BCUT2D eigenvalue weighted by atomic mass is 10.1. The first-order chi connectivity index (χ1) is 9.56. The summed E-state index contributed by atoms with van der Waals surface area (Å²) in [4.78, 5) is 22.1. The average Bonchev–Trinajstić information content (AvgIpc) is 2.86. The first-order valence-electron chi connectivity index (χ1n) is 5.78. The van der Waals surface area contributed by atoms with Crippen LogP contribution in [0.3, 0.4) is 0 Å². The van der Waals surface area contributed by atoms with Gasteiger partial charge in [-0.15, -0.1) is 0 Å². The Hall–Kier alpha value is -1.95. The lowest BCUT2D eigenvalue weighted by Gasteiger charge is -2.07. The molecule has 0 atom stereocenters. The minimum absolute atomic E-state index is 0.0979. The zero-order chi connectivity index (χ0) is 14.7. The van der Waals surface area contributed by atoms with Crippen LogP contribution in [0.25, 0.3) is 11.3 Å². The summed E-state index contributed by atoms with van der Waals surface area (Å²) < 4.78 is 24.4. The Bertz CT molecular complexity index is 640. The predicted molar refractivity (Wildman–Crippen MR) is 73.1 cm³/mol. The fraction of sp³-hybridized carbons (Fsp3) is 0.143. The third kappa shape index (κ3) is 2.80. The summed E-state index contributed by atoms with van der Waals surface area (Å²) in [5.41, 5.74) is 0.244. The Balaban J connectivity index is 2.45. The van der Waals surface area contributed by atoms with Gasteiger partial charge in [0, 0.05) is 4.47 Å². The second-order valence-electron chi connectivity index (χ2n) is 3.86. The molecule has 104 valence electrons. The van der Waals surface area contributed by atoms with E-state index in [1.54, 1.807) is 6.92 Å². The van der Waals surface area contributed by atoms with Crippen LogP contribution in [-0.4, -0.2) is 18.9 Å². The molecule has 0 aliphatic heterocycles. The quantitative estimate of drug-likeness (QED) is 0.626. The number of hydrogen-bond acceptors (Lipinski definition) is 4. The van der Waals surface area contributed by atoms with Gasteiger partial charge in [0.15, 0.2) is 12.0 Å². The van der Waals surface area contributed by atoms with Crippen LogP contribution in [0.15, 0.2) is 33.2 Å². The van der Waals surface area contributed by atoms with Crippen LogP contribution in [0.4, 0.5) is 4.39 Å². The summed E-state index contributed by atoms with van der Waals surface area (Å²) in [6.07, 6.45) is 0.530. The monoisotopic (exact) mass is 340 g/mol. The molecule has 0 amide bonds. The molecule has 1 aromatic carbocycles. The molecule has 0 aliphatic rings. The minimum Gasteiger partial charge on any atom is -0.462 e. The van der Waals surface area contributed by atoms with Crippen LogP contribution in [0, 0.1) is 5.82 Å². The number of benzene rings is 1. The van der Waals surface area contributed by atoms with Crippen LogP contribution in [-0.2, 0) is 4.74 Å². The van der Waals surface area contributed by atoms with E-state index < -0.39 is 11.8 Å². The molecule has 0 fully saturated rings. The van der Waals surface area contributed by atoms with Crippen molar-refractivity contribution in [3.05, 3.63) is 45.9 Å². The lowest BCUT2D eigenvalue weighted by Crippen LogP contribution is -2.05. The van der Waals surface area contributed by atoms with Crippen molar-refractivity contribution in [2.75, 3.05) is 6.61 Å². The molecule has 0 bridgehead atoms. The van der Waals surface area contributed by atoms with E-state index in [4.69, 9.17) is 9.15 Å². The standard InChI is InChI=1S/C14H10BrFO4/c1-2-19-14(18)8-5-10(15)13(11(16)6-8)12-4-3-9(7-17)20-12/h3-7H,2H2,1H3. The van der Waals surface area contributed by atoms with Crippen molar-refractivity contribution < 1.29 is 23.1 Å². The number of carbonyl (C=O) groups excluding carboxylic acids is 2. The number of carbonyl (C=O) groups is 2. The topological polar surface area (TPSA) is 56.5 Å². The molecule has 0 unspecified atom stereocenters. The maximum atomic E-state index is 14.1. The zero-order valence-corrected chi connectivity index (χ0v) is 12.1. The van der Waals surface area contributed by atoms with Crippen molar-refractivity contribution >= 4 is 28.2 Å². The summed E-state index contributed by atoms with van der Waals surface area (Å²) >= 11 is 3.19. The van der Waals surface area contributed by atoms with E-state index in [0.29, 0.717) is 10.8 Å². The van der Waals surface area contributed by atoms with Gasteiger partial charge in [-0.25, -0.2) is 9.18 Å². The maximum Gasteiger partial charge on any atom is 0.338 e. The van der Waals surface area contributed by atoms with Gasteiger partial charge in [-0.2, -0.15) is 0 Å². The molecule has 0 N–H and O–H groups in total. The average molecular weight is 341 g/mol. The summed E-state index contributed by atoms with van der Waals surface area (Å²) in [6, 6.07) is 5.44. The predicted octanol–water partition coefficient (Wildman–Crippen LogP) is 3.84. The molecule has 20 heavy (non-hydrogen) atoms. The van der Waals surface area contributed by atoms with Crippen LogP contribution in [0.5, 0.6) is 0 Å². The summed E-state index contributed by atoms with van der Waals surface area (Å²) in [5, 5.41) is 0. The normalized spacial score (nSPS) is 10.3. The van der Waals surface area contributed by atoms with E-state index in [2.05, 4.69) is 15.9 Å². The number of ether oxygens (including phenoxy) is 1. The molecule has 0 spiro atoms. The Labute approximate surface area is 122 Å². The number of halogens is 2. The first kappa shape index (κ1) is 14.5. The van der Waals surface area contributed by atoms with Crippen molar-refractivity contribution in [2.24, 2.45) is 0 Å². The van der Waals surface area contributed by atoms with Gasteiger partial charge in [-0.1, -0.05) is 0 Å². The second kappa shape index (κ2) is 6.00. The minimum atomic E-state index is -0.644. The number of aldehydes is 1. The van der Waals surface area contributed by atoms with E-state index in [-0.39, 0.29) is 29.3 Å². The summed E-state index contributed by atoms with van der Waals surface area (Å²) in [7, 11) is 0. The highest BCUT2D eigenvalue weighted by atomic mass is 79.9. The van der Waals surface area contributed by atoms with E-state index >= 15 is 0 Å². The van der Waals surface area contributed by atoms with Gasteiger partial charge in [-0.3, -0.25) is 4.79 Å². The molecule has 0 radical (unpaired) electrons. The van der Waals surface area contributed by atoms with E-state index in [9.17, 15) is 14.0 Å². The van der Waals surface area contributed by atoms with Crippen molar-refractivity contribution in [2.45, 2.75) is 6.92 Å². The fourth-order valence-corrected chi connectivity index (χ4v) is 2.32. The van der Waals surface area contributed by atoms with Crippen molar-refractivity contribution in [3.8, 4) is 11.3 Å². The van der Waals surface area contributed by atoms with Gasteiger partial charge < -0.3 is 9.15 Å². The van der Waals surface area contributed by atoms with Crippen molar-refractivity contribution in [1.82, 2.24) is 0 Å². The molecule has 4 nitrogen and oxygen atoms in total. The third-order valence-electron chi connectivity index (χ3n) is 2.54. The highest BCUT2D eigenvalue weighted by Gasteiger charge is 2.18. The molecule has 2 rings (SSSR count). The van der Waals surface area contributed by atoms with Crippen molar-refractivity contribution in [1.29, 1.82) is 0 Å². The summed E-state index contributed by atoms with van der Waals surface area (Å²) in [5.74, 6) is -0.950. The molecule has 6 heteroatoms. The zero-order valence-electron chi connectivity index (χ0n) is 10.5. The van der Waals surface area contributed by atoms with Crippen molar-refractivity contribution in [3.63, 3.8) is 0 Å². The fourth-order valence-electron chi connectivity index (χ4n) is 1.69. The van der Waals surface area contributed by atoms with Crippen LogP contribution in [0.1, 0.15) is 27.8 Å². The second-order valence-corrected chi connectivity index (χ2v) is 4.71. The van der Waals surface area contributed by atoms with E-state index in [0.717, 1.165) is 6.07 Å². The van der Waals surface area contributed by atoms with Gasteiger partial charge in [0.25, 0.3) is 0 Å². The molecule has 1 aromatic heterocycles. The number of rotatable bonds is 4. The first-order valence-corrected chi connectivity index (χ1v) is 6.57. The molecular weight excluding hydrogens is 331 g/mol. The molecule has 2 aromatic rings. The lowest BCUT2D eigenvalue weighted by molar-refractivity contribution is 0.0525. The molecule has 1 heterocycles. The third-order valence-corrected chi connectivity index (χ3v) is 3.17. The van der Waals surface area contributed by atoms with Gasteiger partial charge in [-0.05, 0) is 47.1 Å². The van der Waals surface area contributed by atoms with Crippen LogP contribution < -0.4 is 0 Å². The van der Waals surface area contributed by atoms with Gasteiger partial charge in [0.05, 0.1) is 17.7 Å². The number of furan rings is 1. The molecular formula is C14H10BrFO4. The Kier molecular flexibility index (Phi) is 4.34. The van der Waals surface area contributed by atoms with Gasteiger partial charge in [0.2, 0.25) is 0 Å². The van der Waals surface area contributed by atoms with Gasteiger partial charge in [0.1, 0.15) is 11.6 Å². The van der Waals surface area contributed by atoms with Gasteiger partial charge >= 0.3 is 5.97 Å². The highest BCUT2D eigenvalue weighted by Crippen LogP contribution is 2.33. The van der Waals surface area contributed by atoms with Crippen LogP contribution >= 0.6 is 15.9 Å².